The molecule has 32 heavy (non-hydrogen) atoms. The first-order valence-electron chi connectivity index (χ1n) is 10.4. The summed E-state index contributed by atoms with van der Waals surface area (Å²) in [5.41, 5.74) is 4.84. The molecule has 7 nitrogen and oxygen atoms in total. The Labute approximate surface area is 187 Å². The molecule has 3 rings (SSSR count). The van der Waals surface area contributed by atoms with Gasteiger partial charge in [-0.05, 0) is 43.2 Å². The number of benzene rings is 2. The number of hydrogen-bond donors (Lipinski definition) is 1. The molecule has 1 N–H and O–H groups in total. The second kappa shape index (κ2) is 10.9. The average Bonchev–Trinajstić information content (AvgIpc) is 2.80. The molecule has 0 saturated carbocycles. The van der Waals surface area contributed by atoms with E-state index in [0.29, 0.717) is 30.2 Å². The maximum Gasteiger partial charge on any atom is 0.276 e. The van der Waals surface area contributed by atoms with Gasteiger partial charge >= 0.3 is 0 Å². The third kappa shape index (κ3) is 5.63. The number of rotatable bonds is 9. The van der Waals surface area contributed by atoms with Crippen molar-refractivity contribution in [2.24, 2.45) is 5.10 Å². The zero-order chi connectivity index (χ0) is 22.9. The molecule has 166 valence electrons. The molecular formula is C25H27N3O4. The molecule has 0 bridgehead atoms. The first kappa shape index (κ1) is 22.8. The predicted octanol–water partition coefficient (Wildman–Crippen LogP) is 3.77. The number of nitrogens with one attached hydrogen (secondary N) is 1. The fraction of sp³-hybridized carbons (Fsp3) is 0.240. The van der Waals surface area contributed by atoms with Crippen LogP contribution in [0.15, 0.2) is 70.7 Å². The summed E-state index contributed by atoms with van der Waals surface area (Å²) >= 11 is 0. The quantitative estimate of drug-likeness (QED) is 0.411. The molecule has 1 aromatic heterocycles. The molecular weight excluding hydrogens is 406 g/mol. The van der Waals surface area contributed by atoms with Gasteiger partial charge in [0.1, 0.15) is 5.56 Å². The van der Waals surface area contributed by atoms with Crippen LogP contribution in [0.4, 0.5) is 0 Å². The molecule has 0 saturated heterocycles. The number of methoxy groups -OCH3 is 1. The number of para-hydroxylation sites is 1. The largest absolute Gasteiger partial charge is 0.493 e. The topological polar surface area (TPSA) is 81.9 Å². The lowest BCUT2D eigenvalue weighted by molar-refractivity contribution is 0.0953. The molecule has 3 aromatic rings. The number of carbonyl (C=O) groups is 1. The zero-order valence-electron chi connectivity index (χ0n) is 18.5. The fourth-order valence-electron chi connectivity index (χ4n) is 3.10. The SMILES string of the molecule is CCCOc1c(/C=N\NC(=O)c2cccn(Cc3ccc(C)cc3)c2=O)cccc1OC. The van der Waals surface area contributed by atoms with E-state index in [-0.39, 0.29) is 11.1 Å². The van der Waals surface area contributed by atoms with Gasteiger partial charge in [-0.15, -0.1) is 0 Å². The average molecular weight is 434 g/mol. The minimum Gasteiger partial charge on any atom is -0.493 e. The van der Waals surface area contributed by atoms with Crippen molar-refractivity contribution >= 4 is 12.1 Å². The monoisotopic (exact) mass is 433 g/mol. The third-order valence-electron chi connectivity index (χ3n) is 4.79. The van der Waals surface area contributed by atoms with E-state index in [2.05, 4.69) is 10.5 Å². The summed E-state index contributed by atoms with van der Waals surface area (Å²) in [5.74, 6) is 0.550. The molecule has 2 aromatic carbocycles. The Hall–Kier alpha value is -3.87. The molecule has 0 aliphatic carbocycles. The van der Waals surface area contributed by atoms with Crippen LogP contribution in [0.3, 0.4) is 0 Å². The summed E-state index contributed by atoms with van der Waals surface area (Å²) in [6, 6.07) is 16.5. The van der Waals surface area contributed by atoms with Crippen LogP contribution in [-0.4, -0.2) is 30.4 Å². The Balaban J connectivity index is 1.75. The van der Waals surface area contributed by atoms with Gasteiger partial charge in [-0.1, -0.05) is 42.8 Å². The highest BCUT2D eigenvalue weighted by atomic mass is 16.5. The van der Waals surface area contributed by atoms with Crippen molar-refractivity contribution in [3.05, 3.63) is 93.4 Å². The summed E-state index contributed by atoms with van der Waals surface area (Å²) < 4.78 is 12.6. The van der Waals surface area contributed by atoms with Gasteiger partial charge < -0.3 is 14.0 Å². The lowest BCUT2D eigenvalue weighted by Gasteiger charge is -2.12. The molecule has 0 radical (unpaired) electrons. The molecule has 0 spiro atoms. The lowest BCUT2D eigenvalue weighted by atomic mass is 10.1. The highest BCUT2D eigenvalue weighted by Gasteiger charge is 2.13. The Kier molecular flexibility index (Phi) is 7.80. The minimum absolute atomic E-state index is 0.0184. The van der Waals surface area contributed by atoms with Crippen LogP contribution in [0.1, 0.15) is 40.4 Å². The van der Waals surface area contributed by atoms with Crippen molar-refractivity contribution < 1.29 is 14.3 Å². The molecule has 7 heteroatoms. The highest BCUT2D eigenvalue weighted by Crippen LogP contribution is 2.30. The summed E-state index contributed by atoms with van der Waals surface area (Å²) in [6.07, 6.45) is 3.98. The Morgan fingerprint density at radius 3 is 2.62 bits per heavy atom. The van der Waals surface area contributed by atoms with E-state index < -0.39 is 5.91 Å². The number of amides is 1. The molecule has 0 aliphatic rings. The van der Waals surface area contributed by atoms with Gasteiger partial charge in [-0.2, -0.15) is 5.10 Å². The second-order valence-electron chi connectivity index (χ2n) is 7.27. The van der Waals surface area contributed by atoms with Crippen molar-refractivity contribution in [1.29, 1.82) is 0 Å². The van der Waals surface area contributed by atoms with Crippen LogP contribution in [-0.2, 0) is 6.54 Å². The second-order valence-corrected chi connectivity index (χ2v) is 7.27. The van der Waals surface area contributed by atoms with E-state index in [1.807, 2.05) is 44.2 Å². The number of hydrazone groups is 1. The lowest BCUT2D eigenvalue weighted by Crippen LogP contribution is -2.30. The van der Waals surface area contributed by atoms with Crippen molar-refractivity contribution in [3.8, 4) is 11.5 Å². The van der Waals surface area contributed by atoms with Crippen LogP contribution in [0.5, 0.6) is 11.5 Å². The maximum atomic E-state index is 12.8. The van der Waals surface area contributed by atoms with E-state index in [9.17, 15) is 9.59 Å². The van der Waals surface area contributed by atoms with Gasteiger partial charge in [0.05, 0.1) is 26.5 Å². The van der Waals surface area contributed by atoms with Crippen LogP contribution in [0, 0.1) is 6.92 Å². The number of aryl methyl sites for hydroxylation is 1. The molecule has 1 heterocycles. The van der Waals surface area contributed by atoms with Crippen LogP contribution >= 0.6 is 0 Å². The van der Waals surface area contributed by atoms with Crippen LogP contribution < -0.4 is 20.5 Å². The van der Waals surface area contributed by atoms with E-state index in [0.717, 1.165) is 17.5 Å². The van der Waals surface area contributed by atoms with Crippen molar-refractivity contribution in [2.75, 3.05) is 13.7 Å². The van der Waals surface area contributed by atoms with Gasteiger partial charge in [0.2, 0.25) is 0 Å². The van der Waals surface area contributed by atoms with Crippen molar-refractivity contribution in [1.82, 2.24) is 9.99 Å². The molecule has 0 atom stereocenters. The van der Waals surface area contributed by atoms with E-state index >= 15 is 0 Å². The first-order chi connectivity index (χ1) is 15.5. The van der Waals surface area contributed by atoms with E-state index in [1.54, 1.807) is 31.5 Å². The zero-order valence-corrected chi connectivity index (χ0v) is 18.5. The molecule has 0 aliphatic heterocycles. The summed E-state index contributed by atoms with van der Waals surface area (Å²) in [6.45, 7) is 4.92. The maximum absolute atomic E-state index is 12.8. The summed E-state index contributed by atoms with van der Waals surface area (Å²) in [5, 5.41) is 4.02. The normalized spacial score (nSPS) is 10.8. The molecule has 0 fully saturated rings. The van der Waals surface area contributed by atoms with Gasteiger partial charge in [0.25, 0.3) is 11.5 Å². The van der Waals surface area contributed by atoms with Crippen LogP contribution in [0.25, 0.3) is 0 Å². The third-order valence-corrected chi connectivity index (χ3v) is 4.79. The van der Waals surface area contributed by atoms with Gasteiger partial charge in [0, 0.05) is 11.8 Å². The Bertz CT molecular complexity index is 1150. The smallest absolute Gasteiger partial charge is 0.276 e. The summed E-state index contributed by atoms with van der Waals surface area (Å²) in [7, 11) is 1.56. The standard InChI is InChI=1S/C25H27N3O4/c1-4-15-32-23-20(7-5-9-22(23)31-3)16-26-27-24(29)21-8-6-14-28(25(21)30)17-19-12-10-18(2)11-13-19/h5-14,16H,4,15,17H2,1-3H3,(H,27,29)/b26-16-. The highest BCUT2D eigenvalue weighted by molar-refractivity contribution is 5.94. The number of pyridine rings is 1. The van der Waals surface area contributed by atoms with E-state index in [1.165, 1.54) is 16.8 Å². The van der Waals surface area contributed by atoms with Gasteiger partial charge in [-0.25, -0.2) is 5.43 Å². The van der Waals surface area contributed by atoms with Crippen molar-refractivity contribution in [3.63, 3.8) is 0 Å². The number of carbonyl (C=O) groups excluding carboxylic acids is 1. The number of ether oxygens (including phenoxy) is 2. The molecule has 1 amide bonds. The minimum atomic E-state index is -0.580. The fourth-order valence-corrected chi connectivity index (χ4v) is 3.10. The van der Waals surface area contributed by atoms with Gasteiger partial charge in [0.15, 0.2) is 11.5 Å². The number of nitrogens with zero attached hydrogens (tertiary/aromatic N) is 2. The predicted molar refractivity (Wildman–Crippen MR) is 125 cm³/mol. The van der Waals surface area contributed by atoms with Crippen molar-refractivity contribution in [2.45, 2.75) is 26.8 Å². The van der Waals surface area contributed by atoms with Gasteiger partial charge in [-0.3, -0.25) is 9.59 Å². The van der Waals surface area contributed by atoms with E-state index in [4.69, 9.17) is 9.47 Å². The first-order valence-corrected chi connectivity index (χ1v) is 10.4. The Morgan fingerprint density at radius 1 is 1.12 bits per heavy atom. The Morgan fingerprint density at radius 2 is 1.91 bits per heavy atom. The number of hydrogen-bond acceptors (Lipinski definition) is 5. The van der Waals surface area contributed by atoms with Crippen LogP contribution in [0.2, 0.25) is 0 Å². The molecule has 0 unspecified atom stereocenters. The summed E-state index contributed by atoms with van der Waals surface area (Å²) in [4.78, 5) is 25.4. The number of aromatic nitrogens is 1.